The summed E-state index contributed by atoms with van der Waals surface area (Å²) in [4.78, 5) is 33.5. The van der Waals surface area contributed by atoms with Crippen LogP contribution in [0.15, 0.2) is 5.10 Å². The number of carbonyl (C=O) groups excluding carboxylic acids is 2. The number of nitrogens with two attached hydrogens (primary N) is 3. The zero-order valence-electron chi connectivity index (χ0n) is 10.8. The van der Waals surface area contributed by atoms with E-state index in [1.807, 2.05) is 5.43 Å². The van der Waals surface area contributed by atoms with Gasteiger partial charge in [-0.25, -0.2) is 15.0 Å². The van der Waals surface area contributed by atoms with Gasteiger partial charge in [0.15, 0.2) is 11.3 Å². The number of amides is 2. The maximum absolute atomic E-state index is 12.0. The van der Waals surface area contributed by atoms with Crippen LogP contribution < -0.4 is 22.6 Å². The van der Waals surface area contributed by atoms with Crippen LogP contribution in [0, 0.1) is 5.92 Å². The van der Waals surface area contributed by atoms with Crippen LogP contribution in [0.3, 0.4) is 0 Å². The average Bonchev–Trinajstić information content (AvgIpc) is 2.31. The number of carboxylic acid groups (broad SMARTS) is 1. The number of carbonyl (C=O) groups is 3. The van der Waals surface area contributed by atoms with Gasteiger partial charge in [0.2, 0.25) is 0 Å². The van der Waals surface area contributed by atoms with Gasteiger partial charge in [-0.2, -0.15) is 5.10 Å². The van der Waals surface area contributed by atoms with Gasteiger partial charge in [-0.15, -0.1) is 0 Å². The molecular formula is C10H19N5O4. The van der Waals surface area contributed by atoms with Gasteiger partial charge in [0.1, 0.15) is 0 Å². The zero-order chi connectivity index (χ0) is 15.2. The van der Waals surface area contributed by atoms with E-state index >= 15 is 0 Å². The smallest absolute Gasteiger partial charge is 0.332 e. The SMILES string of the molecule is CC(C)[C@H](N)C(=O)C(N)(CC=NNC(N)=O)C(=O)O. The number of Topliss-reactive ketones (excluding diaryl/α,β-unsaturated/α-hetero) is 1. The molecule has 0 aliphatic heterocycles. The Balaban J connectivity index is 4.96. The Morgan fingerprint density at radius 2 is 1.95 bits per heavy atom. The lowest BCUT2D eigenvalue weighted by molar-refractivity contribution is -0.148. The lowest BCUT2D eigenvalue weighted by Gasteiger charge is -2.26. The predicted octanol–water partition coefficient (Wildman–Crippen LogP) is -1.63. The van der Waals surface area contributed by atoms with Crippen LogP contribution in [0.4, 0.5) is 4.79 Å². The first-order chi connectivity index (χ1) is 8.62. The fourth-order valence-corrected chi connectivity index (χ4v) is 1.19. The Bertz CT molecular complexity index is 395. The number of aliphatic carboxylic acids is 1. The van der Waals surface area contributed by atoms with E-state index in [1.54, 1.807) is 13.8 Å². The lowest BCUT2D eigenvalue weighted by atomic mass is 9.84. The van der Waals surface area contributed by atoms with Crippen molar-refractivity contribution in [2.75, 3.05) is 0 Å². The van der Waals surface area contributed by atoms with Crippen LogP contribution in [-0.2, 0) is 9.59 Å². The third-order valence-corrected chi connectivity index (χ3v) is 2.52. The minimum absolute atomic E-state index is 0.254. The summed E-state index contributed by atoms with van der Waals surface area (Å²) in [5.74, 6) is -2.57. The van der Waals surface area contributed by atoms with Gasteiger partial charge >= 0.3 is 12.0 Å². The van der Waals surface area contributed by atoms with Crippen molar-refractivity contribution >= 4 is 24.0 Å². The number of nitrogens with one attached hydrogen (secondary N) is 1. The number of rotatable bonds is 7. The minimum atomic E-state index is -2.19. The molecule has 0 heterocycles. The molecule has 0 bridgehead atoms. The fraction of sp³-hybridized carbons (Fsp3) is 0.600. The maximum Gasteiger partial charge on any atom is 0.332 e. The van der Waals surface area contributed by atoms with E-state index in [1.165, 1.54) is 0 Å². The first-order valence-corrected chi connectivity index (χ1v) is 5.52. The van der Waals surface area contributed by atoms with Crippen molar-refractivity contribution in [3.05, 3.63) is 0 Å². The van der Waals surface area contributed by atoms with Crippen molar-refractivity contribution in [1.82, 2.24) is 5.43 Å². The fourth-order valence-electron chi connectivity index (χ4n) is 1.19. The number of hydrazone groups is 1. The quantitative estimate of drug-likeness (QED) is 0.211. The Morgan fingerprint density at radius 3 is 2.32 bits per heavy atom. The molecule has 9 nitrogen and oxygen atoms in total. The van der Waals surface area contributed by atoms with Crippen molar-refractivity contribution in [3.63, 3.8) is 0 Å². The summed E-state index contributed by atoms with van der Waals surface area (Å²) in [6, 6.07) is -1.92. The molecule has 0 spiro atoms. The van der Waals surface area contributed by atoms with E-state index in [4.69, 9.17) is 22.3 Å². The molecule has 0 aromatic carbocycles. The third-order valence-electron chi connectivity index (χ3n) is 2.52. The highest BCUT2D eigenvalue weighted by molar-refractivity contribution is 6.11. The van der Waals surface area contributed by atoms with Crippen LogP contribution in [0.5, 0.6) is 0 Å². The molecule has 0 radical (unpaired) electrons. The molecule has 1 unspecified atom stereocenters. The Morgan fingerprint density at radius 1 is 1.42 bits per heavy atom. The normalized spacial score (nSPS) is 16.1. The molecule has 0 saturated heterocycles. The first-order valence-electron chi connectivity index (χ1n) is 5.52. The molecule has 0 rings (SSSR count). The largest absolute Gasteiger partial charge is 0.480 e. The summed E-state index contributed by atoms with van der Waals surface area (Å²) in [7, 11) is 0. The number of hydrogen-bond acceptors (Lipinski definition) is 6. The van der Waals surface area contributed by atoms with E-state index in [0.29, 0.717) is 0 Å². The summed E-state index contributed by atoms with van der Waals surface area (Å²) < 4.78 is 0. The topological polar surface area (TPSA) is 174 Å². The monoisotopic (exact) mass is 273 g/mol. The van der Waals surface area contributed by atoms with E-state index in [0.717, 1.165) is 6.21 Å². The molecule has 0 aromatic rings. The Kier molecular flexibility index (Phi) is 6.09. The molecule has 8 N–H and O–H groups in total. The van der Waals surface area contributed by atoms with E-state index < -0.39 is 35.8 Å². The van der Waals surface area contributed by atoms with Gasteiger partial charge in [-0.3, -0.25) is 4.79 Å². The number of nitrogens with zero attached hydrogens (tertiary/aromatic N) is 1. The summed E-state index contributed by atoms with van der Waals surface area (Å²) >= 11 is 0. The number of ketones is 1. The van der Waals surface area contributed by atoms with E-state index in [-0.39, 0.29) is 5.92 Å². The van der Waals surface area contributed by atoms with Crippen LogP contribution in [0.1, 0.15) is 20.3 Å². The van der Waals surface area contributed by atoms with Crippen LogP contribution in [0.2, 0.25) is 0 Å². The highest BCUT2D eigenvalue weighted by atomic mass is 16.4. The van der Waals surface area contributed by atoms with E-state index in [9.17, 15) is 14.4 Å². The molecule has 19 heavy (non-hydrogen) atoms. The molecule has 2 atom stereocenters. The molecule has 2 amide bonds. The van der Waals surface area contributed by atoms with Crippen LogP contribution in [-0.4, -0.2) is 40.7 Å². The van der Waals surface area contributed by atoms with Crippen LogP contribution >= 0.6 is 0 Å². The number of hydrogen-bond donors (Lipinski definition) is 5. The summed E-state index contributed by atoms with van der Waals surface area (Å²) in [6.45, 7) is 3.35. The molecule has 108 valence electrons. The predicted molar refractivity (Wildman–Crippen MR) is 68.2 cm³/mol. The van der Waals surface area contributed by atoms with Crippen molar-refractivity contribution < 1.29 is 19.5 Å². The third kappa shape index (κ3) is 4.64. The molecule has 0 aliphatic carbocycles. The molecule has 0 aliphatic rings. The second-order valence-electron chi connectivity index (χ2n) is 4.40. The number of carboxylic acids is 1. The Labute approximate surface area is 110 Å². The number of urea groups is 1. The highest BCUT2D eigenvalue weighted by Gasteiger charge is 2.44. The van der Waals surface area contributed by atoms with Gasteiger partial charge in [-0.1, -0.05) is 13.8 Å². The number of primary amides is 1. The van der Waals surface area contributed by atoms with E-state index in [2.05, 4.69) is 5.10 Å². The zero-order valence-corrected chi connectivity index (χ0v) is 10.8. The minimum Gasteiger partial charge on any atom is -0.480 e. The lowest BCUT2D eigenvalue weighted by Crippen LogP contribution is -2.61. The highest BCUT2D eigenvalue weighted by Crippen LogP contribution is 2.13. The van der Waals surface area contributed by atoms with Gasteiger partial charge in [0, 0.05) is 12.6 Å². The van der Waals surface area contributed by atoms with Crippen molar-refractivity contribution in [2.24, 2.45) is 28.2 Å². The van der Waals surface area contributed by atoms with Crippen molar-refractivity contribution in [2.45, 2.75) is 31.8 Å². The first kappa shape index (κ1) is 17.0. The molecule has 0 aromatic heterocycles. The summed E-state index contributed by atoms with van der Waals surface area (Å²) in [5.41, 5.74) is 15.6. The van der Waals surface area contributed by atoms with Gasteiger partial charge in [0.25, 0.3) is 0 Å². The van der Waals surface area contributed by atoms with Gasteiger partial charge in [-0.05, 0) is 5.92 Å². The Hall–Kier alpha value is -2.00. The average molecular weight is 273 g/mol. The molecule has 9 heteroatoms. The van der Waals surface area contributed by atoms with Gasteiger partial charge < -0.3 is 22.3 Å². The van der Waals surface area contributed by atoms with Crippen molar-refractivity contribution in [3.8, 4) is 0 Å². The van der Waals surface area contributed by atoms with Gasteiger partial charge in [0.05, 0.1) is 6.04 Å². The standard InChI is InChI=1S/C10H19N5O4/c1-5(2)6(11)7(16)10(13,8(17)18)3-4-14-15-9(12)19/h4-6H,3,11,13H2,1-2H3,(H,17,18)(H3,12,15,19)/t6-,10?/m0/s1. The summed E-state index contributed by atoms with van der Waals surface area (Å²) in [5, 5.41) is 12.4. The molecular weight excluding hydrogens is 254 g/mol. The van der Waals surface area contributed by atoms with Crippen molar-refractivity contribution in [1.29, 1.82) is 0 Å². The second kappa shape index (κ2) is 6.81. The molecule has 0 fully saturated rings. The van der Waals surface area contributed by atoms with Crippen LogP contribution in [0.25, 0.3) is 0 Å². The maximum atomic E-state index is 12.0. The molecule has 0 saturated carbocycles. The summed E-state index contributed by atoms with van der Waals surface area (Å²) in [6.07, 6.45) is 0.575. The second-order valence-corrected chi connectivity index (χ2v) is 4.40.